The number of ether oxygens (including phenoxy) is 2. The fraction of sp³-hybridized carbons (Fsp3) is 0.409. The lowest BCUT2D eigenvalue weighted by atomic mass is 10.1. The van der Waals surface area contributed by atoms with Gasteiger partial charge in [0.25, 0.3) is 5.91 Å². The SMILES string of the molecule is CN(C)C(=O)C1C[C@@H]2OCC[C@@H]2N1C(=O)c1cccc(OCc2cccnc2)c1. The Bertz CT molecular complexity index is 887. The molecule has 0 saturated carbocycles. The molecule has 0 radical (unpaired) electrons. The van der Waals surface area contributed by atoms with E-state index in [9.17, 15) is 9.59 Å². The molecule has 1 unspecified atom stereocenters. The van der Waals surface area contributed by atoms with E-state index in [-0.39, 0.29) is 24.0 Å². The van der Waals surface area contributed by atoms with Gasteiger partial charge in [-0.2, -0.15) is 0 Å². The van der Waals surface area contributed by atoms with Crippen LogP contribution in [0.3, 0.4) is 0 Å². The number of rotatable bonds is 5. The van der Waals surface area contributed by atoms with Gasteiger partial charge in [-0.1, -0.05) is 12.1 Å². The number of amides is 2. The van der Waals surface area contributed by atoms with Gasteiger partial charge >= 0.3 is 0 Å². The number of pyridine rings is 1. The molecule has 7 heteroatoms. The number of hydrogen-bond acceptors (Lipinski definition) is 5. The Morgan fingerprint density at radius 3 is 2.90 bits per heavy atom. The molecule has 152 valence electrons. The third kappa shape index (κ3) is 3.96. The molecule has 2 fully saturated rings. The highest BCUT2D eigenvalue weighted by molar-refractivity contribution is 5.98. The van der Waals surface area contributed by atoms with Crippen molar-refractivity contribution in [3.63, 3.8) is 0 Å². The molecule has 4 rings (SSSR count). The minimum absolute atomic E-state index is 0.0589. The van der Waals surface area contributed by atoms with E-state index in [1.54, 1.807) is 54.5 Å². The molecule has 0 aliphatic carbocycles. The van der Waals surface area contributed by atoms with Crippen LogP contribution in [0.1, 0.15) is 28.8 Å². The lowest BCUT2D eigenvalue weighted by Gasteiger charge is -2.30. The summed E-state index contributed by atoms with van der Waals surface area (Å²) >= 11 is 0. The minimum Gasteiger partial charge on any atom is -0.489 e. The first-order chi connectivity index (χ1) is 14.0. The van der Waals surface area contributed by atoms with E-state index in [0.717, 1.165) is 12.0 Å². The quantitative estimate of drug-likeness (QED) is 0.776. The van der Waals surface area contributed by atoms with Crippen LogP contribution in [0, 0.1) is 0 Å². The fourth-order valence-corrected chi connectivity index (χ4v) is 4.07. The van der Waals surface area contributed by atoms with Gasteiger partial charge in [-0.15, -0.1) is 0 Å². The van der Waals surface area contributed by atoms with E-state index in [1.165, 1.54) is 0 Å². The molecular weight excluding hydrogens is 370 g/mol. The second-order valence-corrected chi connectivity index (χ2v) is 7.64. The normalized spacial score (nSPS) is 23.0. The average molecular weight is 395 g/mol. The standard InChI is InChI=1S/C22H25N3O4/c1-24(2)22(27)19-12-20-18(8-10-28-20)25(19)21(26)16-6-3-7-17(11-16)29-14-15-5-4-9-23-13-15/h3-7,9,11,13,18-20H,8,10,12,14H2,1-2H3/t18-,19?,20-/m0/s1. The number of benzene rings is 1. The summed E-state index contributed by atoms with van der Waals surface area (Å²) in [5, 5.41) is 0. The Hall–Kier alpha value is -2.93. The second kappa shape index (κ2) is 8.21. The van der Waals surface area contributed by atoms with Crippen molar-refractivity contribution >= 4 is 11.8 Å². The number of carbonyl (C=O) groups excluding carboxylic acids is 2. The Labute approximate surface area is 170 Å². The van der Waals surface area contributed by atoms with Crippen molar-refractivity contribution in [3.05, 3.63) is 59.9 Å². The highest BCUT2D eigenvalue weighted by atomic mass is 16.5. The highest BCUT2D eigenvalue weighted by Crippen LogP contribution is 2.35. The van der Waals surface area contributed by atoms with Crippen LogP contribution in [0.15, 0.2) is 48.8 Å². The van der Waals surface area contributed by atoms with Gasteiger partial charge in [-0.05, 0) is 30.7 Å². The topological polar surface area (TPSA) is 72.0 Å². The highest BCUT2D eigenvalue weighted by Gasteiger charge is 2.50. The molecule has 1 aromatic carbocycles. The molecule has 2 saturated heterocycles. The first-order valence-corrected chi connectivity index (χ1v) is 9.82. The van der Waals surface area contributed by atoms with Crippen LogP contribution in [-0.4, -0.2) is 65.5 Å². The zero-order valence-corrected chi connectivity index (χ0v) is 16.7. The summed E-state index contributed by atoms with van der Waals surface area (Å²) in [6.07, 6.45) is 4.69. The molecule has 0 bridgehead atoms. The molecule has 7 nitrogen and oxygen atoms in total. The first kappa shape index (κ1) is 19.4. The van der Waals surface area contributed by atoms with Gasteiger partial charge in [0.15, 0.2) is 0 Å². The number of aromatic nitrogens is 1. The fourth-order valence-electron chi connectivity index (χ4n) is 4.07. The van der Waals surface area contributed by atoms with Crippen molar-refractivity contribution in [2.45, 2.75) is 37.6 Å². The van der Waals surface area contributed by atoms with Gasteiger partial charge in [0.2, 0.25) is 5.91 Å². The largest absolute Gasteiger partial charge is 0.489 e. The van der Waals surface area contributed by atoms with Crippen LogP contribution in [0.4, 0.5) is 0 Å². The summed E-state index contributed by atoms with van der Waals surface area (Å²) in [4.78, 5) is 33.4. The maximum Gasteiger partial charge on any atom is 0.255 e. The molecule has 2 aliphatic rings. The van der Waals surface area contributed by atoms with Crippen LogP contribution in [0.25, 0.3) is 0 Å². The van der Waals surface area contributed by atoms with Crippen LogP contribution < -0.4 is 4.74 Å². The number of nitrogens with zero attached hydrogens (tertiary/aromatic N) is 3. The van der Waals surface area contributed by atoms with Crippen molar-refractivity contribution in [2.75, 3.05) is 20.7 Å². The van der Waals surface area contributed by atoms with Gasteiger partial charge in [0, 0.05) is 50.6 Å². The summed E-state index contributed by atoms with van der Waals surface area (Å²) in [7, 11) is 3.43. The molecule has 0 spiro atoms. The van der Waals surface area contributed by atoms with E-state index in [0.29, 0.717) is 30.9 Å². The third-order valence-corrected chi connectivity index (χ3v) is 5.49. The predicted octanol–water partition coefficient (Wildman–Crippen LogP) is 2.12. The number of fused-ring (bicyclic) bond motifs is 1. The van der Waals surface area contributed by atoms with Gasteiger partial charge in [0.1, 0.15) is 18.4 Å². The number of likely N-dealkylation sites (N-methyl/N-ethyl adjacent to an activating group) is 1. The molecule has 2 amide bonds. The van der Waals surface area contributed by atoms with E-state index < -0.39 is 6.04 Å². The molecule has 2 aliphatic heterocycles. The Kier molecular flexibility index (Phi) is 5.49. The Morgan fingerprint density at radius 1 is 1.28 bits per heavy atom. The van der Waals surface area contributed by atoms with Crippen LogP contribution in [-0.2, 0) is 16.1 Å². The number of likely N-dealkylation sites (tertiary alicyclic amines) is 1. The van der Waals surface area contributed by atoms with E-state index in [1.807, 2.05) is 18.2 Å². The summed E-state index contributed by atoms with van der Waals surface area (Å²) < 4.78 is 11.6. The molecule has 2 aromatic rings. The molecule has 3 atom stereocenters. The molecular formula is C22H25N3O4. The van der Waals surface area contributed by atoms with Crippen molar-refractivity contribution in [3.8, 4) is 5.75 Å². The molecule has 29 heavy (non-hydrogen) atoms. The molecule has 1 aromatic heterocycles. The van der Waals surface area contributed by atoms with E-state index in [2.05, 4.69) is 4.98 Å². The first-order valence-electron chi connectivity index (χ1n) is 9.82. The van der Waals surface area contributed by atoms with E-state index in [4.69, 9.17) is 9.47 Å². The molecule has 3 heterocycles. The summed E-state index contributed by atoms with van der Waals surface area (Å²) in [6, 6.07) is 10.4. The monoisotopic (exact) mass is 395 g/mol. The van der Waals surface area contributed by atoms with Gasteiger partial charge < -0.3 is 19.3 Å². The van der Waals surface area contributed by atoms with Crippen molar-refractivity contribution in [1.29, 1.82) is 0 Å². The van der Waals surface area contributed by atoms with Crippen LogP contribution >= 0.6 is 0 Å². The van der Waals surface area contributed by atoms with Gasteiger partial charge in [0.05, 0.1) is 12.1 Å². The smallest absolute Gasteiger partial charge is 0.255 e. The Morgan fingerprint density at radius 2 is 2.14 bits per heavy atom. The van der Waals surface area contributed by atoms with Gasteiger partial charge in [-0.25, -0.2) is 0 Å². The maximum atomic E-state index is 13.4. The van der Waals surface area contributed by atoms with Crippen molar-refractivity contribution in [2.24, 2.45) is 0 Å². The van der Waals surface area contributed by atoms with Crippen molar-refractivity contribution < 1.29 is 19.1 Å². The summed E-state index contributed by atoms with van der Waals surface area (Å²) in [5.74, 6) is 0.379. The zero-order chi connectivity index (χ0) is 20.4. The number of carbonyl (C=O) groups is 2. The predicted molar refractivity (Wildman–Crippen MR) is 106 cm³/mol. The van der Waals surface area contributed by atoms with Gasteiger partial charge in [-0.3, -0.25) is 14.6 Å². The summed E-state index contributed by atoms with van der Waals surface area (Å²) in [6.45, 7) is 0.992. The van der Waals surface area contributed by atoms with E-state index >= 15 is 0 Å². The second-order valence-electron chi connectivity index (χ2n) is 7.64. The average Bonchev–Trinajstić information content (AvgIpc) is 3.33. The van der Waals surface area contributed by atoms with Crippen LogP contribution in [0.2, 0.25) is 0 Å². The lowest BCUT2D eigenvalue weighted by Crippen LogP contribution is -2.48. The zero-order valence-electron chi connectivity index (χ0n) is 16.7. The minimum atomic E-state index is -0.493. The van der Waals surface area contributed by atoms with Crippen LogP contribution in [0.5, 0.6) is 5.75 Å². The van der Waals surface area contributed by atoms with Crippen molar-refractivity contribution in [1.82, 2.24) is 14.8 Å². The summed E-state index contributed by atoms with van der Waals surface area (Å²) in [5.41, 5.74) is 1.46. The maximum absolute atomic E-state index is 13.4. The molecule has 0 N–H and O–H groups in total. The number of hydrogen-bond donors (Lipinski definition) is 0. The Balaban J connectivity index is 1.53. The third-order valence-electron chi connectivity index (χ3n) is 5.49. The lowest BCUT2D eigenvalue weighted by molar-refractivity contribution is -0.133.